The molecule has 146 valence electrons. The Morgan fingerprint density at radius 3 is 2.08 bits per heavy atom. The van der Waals surface area contributed by atoms with E-state index in [9.17, 15) is 8.78 Å². The molecule has 0 unspecified atom stereocenters. The molecule has 0 atom stereocenters. The van der Waals surface area contributed by atoms with E-state index < -0.39 is 25.0 Å². The van der Waals surface area contributed by atoms with E-state index in [2.05, 4.69) is 35.7 Å². The number of alkyl halides is 2. The van der Waals surface area contributed by atoms with E-state index in [0.717, 1.165) is 10.9 Å². The summed E-state index contributed by atoms with van der Waals surface area (Å²) in [5.74, 6) is 0.233. The van der Waals surface area contributed by atoms with Crippen molar-refractivity contribution in [2.24, 2.45) is 0 Å². The van der Waals surface area contributed by atoms with Crippen molar-refractivity contribution in [2.45, 2.75) is 79.2 Å². The number of halogens is 2. The van der Waals surface area contributed by atoms with E-state index in [-0.39, 0.29) is 5.75 Å². The van der Waals surface area contributed by atoms with Gasteiger partial charge < -0.3 is 0 Å². The van der Waals surface area contributed by atoms with Gasteiger partial charge in [-0.15, -0.1) is 0 Å². The Morgan fingerprint density at radius 2 is 1.58 bits per heavy atom. The summed E-state index contributed by atoms with van der Waals surface area (Å²) in [6, 6.07) is 5.15. The number of aromatic nitrogens is 2. The molecule has 3 nitrogen and oxygen atoms in total. The van der Waals surface area contributed by atoms with Gasteiger partial charge in [0.05, 0.1) is 0 Å². The van der Waals surface area contributed by atoms with Crippen LogP contribution in [-0.4, -0.2) is 35.2 Å². The number of aromatic amines is 1. The van der Waals surface area contributed by atoms with Gasteiger partial charge in [-0.25, -0.2) is 0 Å². The molecule has 0 aliphatic carbocycles. The van der Waals surface area contributed by atoms with Crippen molar-refractivity contribution in [3.05, 3.63) is 18.2 Å². The molecule has 0 amide bonds. The van der Waals surface area contributed by atoms with Crippen LogP contribution in [0.25, 0.3) is 10.9 Å². The van der Waals surface area contributed by atoms with Crippen molar-refractivity contribution >= 4 is 33.0 Å². The molecule has 0 fully saturated rings. The van der Waals surface area contributed by atoms with Crippen LogP contribution in [0.5, 0.6) is 5.75 Å². The van der Waals surface area contributed by atoms with E-state index in [1.807, 2.05) is 0 Å². The van der Waals surface area contributed by atoms with Crippen LogP contribution in [0.4, 0.5) is 8.78 Å². The number of nitrogens with zero attached hydrogens (tertiary/aromatic N) is 1. The van der Waals surface area contributed by atoms with Crippen LogP contribution in [-0.2, 0) is 0 Å². The molecular formula is C20H32F2N2OSn. The third kappa shape index (κ3) is 5.33. The summed E-state index contributed by atoms with van der Waals surface area (Å²) in [7, 11) is 0. The van der Waals surface area contributed by atoms with E-state index in [4.69, 9.17) is 0 Å². The molecule has 1 aromatic carbocycles. The first-order valence-electron chi connectivity index (χ1n) is 9.99. The Balaban J connectivity index is 2.49. The normalized spacial score (nSPS) is 12.2. The van der Waals surface area contributed by atoms with Crippen LogP contribution in [0.1, 0.15) is 59.3 Å². The van der Waals surface area contributed by atoms with Gasteiger partial charge in [0, 0.05) is 0 Å². The van der Waals surface area contributed by atoms with Crippen LogP contribution in [0.3, 0.4) is 0 Å². The number of ether oxygens (including phenoxy) is 1. The van der Waals surface area contributed by atoms with E-state index in [1.165, 1.54) is 55.5 Å². The zero-order chi connectivity index (χ0) is 19.0. The standard InChI is InChI=1S/C8H5F2N2O.3C4H9.Sn/c9-8(10)13-6-1-2-7-5(3-6)4-11-12-7;3*1-3-4-2;/h1-3,8H,(H,11,12);3*1,3-4H2,2H3;. The molecule has 0 aliphatic rings. The van der Waals surface area contributed by atoms with Crippen LogP contribution in [0.2, 0.25) is 13.3 Å². The quantitative estimate of drug-likeness (QED) is 0.372. The number of fused-ring (bicyclic) bond motifs is 1. The first-order valence-corrected chi connectivity index (χ1v) is 17.5. The van der Waals surface area contributed by atoms with E-state index in [0.29, 0.717) is 0 Å². The Bertz CT molecular complexity index is 653. The predicted molar refractivity (Wildman–Crippen MR) is 107 cm³/mol. The van der Waals surface area contributed by atoms with Crippen molar-refractivity contribution in [1.29, 1.82) is 0 Å². The SMILES string of the molecule is CCC[CH2][Sn]([CH2]CCC)([CH2]CCC)[c]1[nH]nc2ccc(OC(F)F)cc12. The molecule has 0 saturated heterocycles. The summed E-state index contributed by atoms with van der Waals surface area (Å²) >= 11 is -2.69. The first-order chi connectivity index (χ1) is 12.6. The van der Waals surface area contributed by atoms with Gasteiger partial charge in [0.15, 0.2) is 0 Å². The van der Waals surface area contributed by atoms with Gasteiger partial charge in [0.2, 0.25) is 0 Å². The second-order valence-corrected chi connectivity index (χ2v) is 20.3. The van der Waals surface area contributed by atoms with Crippen molar-refractivity contribution in [2.75, 3.05) is 0 Å². The minimum atomic E-state index is -2.80. The van der Waals surface area contributed by atoms with Gasteiger partial charge >= 0.3 is 160 Å². The maximum atomic E-state index is 12.6. The molecule has 0 bridgehead atoms. The molecule has 2 rings (SSSR count). The van der Waals surface area contributed by atoms with Gasteiger partial charge in [0.25, 0.3) is 0 Å². The summed E-state index contributed by atoms with van der Waals surface area (Å²) < 4.78 is 35.2. The topological polar surface area (TPSA) is 37.9 Å². The third-order valence-electron chi connectivity index (χ3n) is 5.31. The molecule has 1 aromatic heterocycles. The van der Waals surface area contributed by atoms with Crippen molar-refractivity contribution < 1.29 is 13.5 Å². The van der Waals surface area contributed by atoms with Gasteiger partial charge in [0.1, 0.15) is 0 Å². The Labute approximate surface area is 159 Å². The molecule has 26 heavy (non-hydrogen) atoms. The summed E-state index contributed by atoms with van der Waals surface area (Å²) in [6.45, 7) is 3.94. The molecular weight excluding hydrogens is 441 g/mol. The van der Waals surface area contributed by atoms with E-state index >= 15 is 0 Å². The fourth-order valence-electron chi connectivity index (χ4n) is 3.87. The molecule has 1 N–H and O–H groups in total. The molecule has 0 radical (unpaired) electrons. The Hall–Kier alpha value is -0.851. The number of unbranched alkanes of at least 4 members (excludes halogenated alkanes) is 3. The summed E-state index contributed by atoms with van der Waals surface area (Å²) in [5.41, 5.74) is 0.868. The Morgan fingerprint density at radius 1 is 1.00 bits per heavy atom. The second-order valence-electron chi connectivity index (χ2n) is 7.25. The van der Waals surface area contributed by atoms with Gasteiger partial charge in [-0.3, -0.25) is 0 Å². The fraction of sp³-hybridized carbons (Fsp3) is 0.650. The Kier molecular flexibility index (Phi) is 8.64. The minimum absolute atomic E-state index is 0.233. The summed E-state index contributed by atoms with van der Waals surface area (Å²) in [5, 5.41) is 8.89. The van der Waals surface area contributed by atoms with Gasteiger partial charge in [-0.05, 0) is 0 Å². The number of rotatable bonds is 12. The zero-order valence-electron chi connectivity index (χ0n) is 16.3. The monoisotopic (exact) mass is 474 g/mol. The average Bonchev–Trinajstić information content (AvgIpc) is 3.05. The number of benzene rings is 1. The first kappa shape index (κ1) is 21.4. The van der Waals surface area contributed by atoms with Crippen molar-refractivity contribution in [3.8, 4) is 5.75 Å². The summed E-state index contributed by atoms with van der Waals surface area (Å²) in [4.78, 5) is 0. The van der Waals surface area contributed by atoms with Gasteiger partial charge in [-0.1, -0.05) is 0 Å². The molecule has 0 aliphatic heterocycles. The number of hydrogen-bond acceptors (Lipinski definition) is 2. The predicted octanol–water partition coefficient (Wildman–Crippen LogP) is 6.22. The molecule has 6 heteroatoms. The molecule has 0 saturated carbocycles. The number of nitrogens with one attached hydrogen (secondary N) is 1. The number of H-pyrrole nitrogens is 1. The van der Waals surface area contributed by atoms with Crippen LogP contribution < -0.4 is 8.45 Å². The number of hydrogen-bond donors (Lipinski definition) is 1. The molecule has 2 aromatic rings. The van der Waals surface area contributed by atoms with Crippen LogP contribution in [0, 0.1) is 0 Å². The van der Waals surface area contributed by atoms with Crippen molar-refractivity contribution in [3.63, 3.8) is 0 Å². The maximum absolute atomic E-state index is 12.6. The average molecular weight is 473 g/mol. The van der Waals surface area contributed by atoms with Crippen LogP contribution >= 0.6 is 0 Å². The van der Waals surface area contributed by atoms with Crippen molar-refractivity contribution in [1.82, 2.24) is 10.2 Å². The zero-order valence-corrected chi connectivity index (χ0v) is 19.1. The van der Waals surface area contributed by atoms with E-state index in [1.54, 1.807) is 18.2 Å². The molecule has 0 spiro atoms. The summed E-state index contributed by atoms with van der Waals surface area (Å²) in [6.07, 6.45) is 7.33. The molecule has 1 heterocycles. The van der Waals surface area contributed by atoms with Crippen LogP contribution in [0.15, 0.2) is 18.2 Å². The van der Waals surface area contributed by atoms with Gasteiger partial charge in [-0.2, -0.15) is 0 Å². The second kappa shape index (κ2) is 10.5. The third-order valence-corrected chi connectivity index (χ3v) is 20.6. The fourth-order valence-corrected chi connectivity index (χ4v) is 20.0.